The molecule has 2 unspecified atom stereocenters. The highest BCUT2D eigenvalue weighted by molar-refractivity contribution is 9.10. The van der Waals surface area contributed by atoms with Gasteiger partial charge in [-0.3, -0.25) is 0 Å². The highest BCUT2D eigenvalue weighted by atomic mass is 79.9. The molecule has 0 aromatic heterocycles. The number of halogens is 1. The predicted octanol–water partition coefficient (Wildman–Crippen LogP) is 2.25. The van der Waals surface area contributed by atoms with Gasteiger partial charge in [0.25, 0.3) is 0 Å². The van der Waals surface area contributed by atoms with Gasteiger partial charge in [0.2, 0.25) is 0 Å². The Morgan fingerprint density at radius 1 is 1.56 bits per heavy atom. The van der Waals surface area contributed by atoms with E-state index in [0.717, 1.165) is 23.1 Å². The maximum absolute atomic E-state index is 5.93. The molecule has 0 aliphatic carbocycles. The third kappa shape index (κ3) is 3.04. The average molecular weight is 286 g/mol. The summed E-state index contributed by atoms with van der Waals surface area (Å²) in [5, 5.41) is 0. The molecule has 1 saturated heterocycles. The highest BCUT2D eigenvalue weighted by Gasteiger charge is 2.21. The first-order valence-corrected chi connectivity index (χ1v) is 6.27. The Balaban J connectivity index is 2.03. The second kappa shape index (κ2) is 5.77. The highest BCUT2D eigenvalue weighted by Crippen LogP contribution is 2.23. The van der Waals surface area contributed by atoms with E-state index in [2.05, 4.69) is 15.9 Å². The fourth-order valence-corrected chi connectivity index (χ4v) is 2.25. The van der Waals surface area contributed by atoms with E-state index in [4.69, 9.17) is 15.2 Å². The molecule has 88 valence electrons. The molecule has 0 radical (unpaired) electrons. The molecular formula is C12H16BrNO2. The van der Waals surface area contributed by atoms with Gasteiger partial charge in [-0.05, 0) is 24.1 Å². The Morgan fingerprint density at radius 2 is 2.44 bits per heavy atom. The first-order valence-electron chi connectivity index (χ1n) is 5.48. The van der Waals surface area contributed by atoms with Crippen LogP contribution in [0.5, 0.6) is 0 Å². The van der Waals surface area contributed by atoms with E-state index in [1.54, 1.807) is 0 Å². The van der Waals surface area contributed by atoms with Gasteiger partial charge in [-0.2, -0.15) is 0 Å². The van der Waals surface area contributed by atoms with Crippen molar-refractivity contribution in [3.05, 3.63) is 34.3 Å². The lowest BCUT2D eigenvalue weighted by atomic mass is 10.1. The molecule has 1 aromatic carbocycles. The van der Waals surface area contributed by atoms with Gasteiger partial charge in [0.15, 0.2) is 0 Å². The largest absolute Gasteiger partial charge is 0.379 e. The van der Waals surface area contributed by atoms with E-state index in [-0.39, 0.29) is 12.2 Å². The molecule has 0 amide bonds. The SMILES string of the molecule is NCC(OC1CCOC1)c1cccc(Br)c1. The Bertz CT molecular complexity index is 340. The van der Waals surface area contributed by atoms with Crippen molar-refractivity contribution in [3.8, 4) is 0 Å². The summed E-state index contributed by atoms with van der Waals surface area (Å²) >= 11 is 3.45. The van der Waals surface area contributed by atoms with Crippen LogP contribution in [-0.4, -0.2) is 25.9 Å². The lowest BCUT2D eigenvalue weighted by molar-refractivity contribution is -0.0125. The molecule has 16 heavy (non-hydrogen) atoms. The summed E-state index contributed by atoms with van der Waals surface area (Å²) in [5.41, 5.74) is 6.87. The first-order chi connectivity index (χ1) is 7.79. The van der Waals surface area contributed by atoms with Gasteiger partial charge < -0.3 is 15.2 Å². The van der Waals surface area contributed by atoms with Crippen molar-refractivity contribution < 1.29 is 9.47 Å². The monoisotopic (exact) mass is 285 g/mol. The summed E-state index contributed by atoms with van der Waals surface area (Å²) in [6, 6.07) is 8.08. The zero-order valence-corrected chi connectivity index (χ0v) is 10.7. The van der Waals surface area contributed by atoms with Gasteiger partial charge in [0.1, 0.15) is 0 Å². The van der Waals surface area contributed by atoms with Crippen LogP contribution < -0.4 is 5.73 Å². The third-order valence-electron chi connectivity index (χ3n) is 2.68. The average Bonchev–Trinajstić information content (AvgIpc) is 2.78. The molecule has 1 aliphatic rings. The van der Waals surface area contributed by atoms with Gasteiger partial charge in [-0.15, -0.1) is 0 Å². The molecule has 2 rings (SSSR count). The van der Waals surface area contributed by atoms with Gasteiger partial charge in [-0.1, -0.05) is 28.1 Å². The van der Waals surface area contributed by atoms with Crippen molar-refractivity contribution in [1.82, 2.24) is 0 Å². The minimum atomic E-state index is -0.0378. The number of hydrogen-bond donors (Lipinski definition) is 1. The minimum Gasteiger partial charge on any atom is -0.379 e. The van der Waals surface area contributed by atoms with Crippen LogP contribution in [0, 0.1) is 0 Å². The molecular weight excluding hydrogens is 270 g/mol. The van der Waals surface area contributed by atoms with Crippen LogP contribution in [0.4, 0.5) is 0 Å². The predicted molar refractivity (Wildman–Crippen MR) is 66.2 cm³/mol. The molecule has 0 spiro atoms. The number of hydrogen-bond acceptors (Lipinski definition) is 3. The molecule has 0 saturated carbocycles. The number of ether oxygens (including phenoxy) is 2. The smallest absolute Gasteiger partial charge is 0.0952 e. The summed E-state index contributed by atoms with van der Waals surface area (Å²) in [5.74, 6) is 0. The van der Waals surface area contributed by atoms with Crippen molar-refractivity contribution in [3.63, 3.8) is 0 Å². The van der Waals surface area contributed by atoms with E-state index in [9.17, 15) is 0 Å². The van der Waals surface area contributed by atoms with Gasteiger partial charge in [0.05, 0.1) is 18.8 Å². The summed E-state index contributed by atoms with van der Waals surface area (Å²) in [7, 11) is 0. The Labute approximate surface area is 104 Å². The lowest BCUT2D eigenvalue weighted by Gasteiger charge is -2.20. The number of benzene rings is 1. The summed E-state index contributed by atoms with van der Waals surface area (Å²) in [4.78, 5) is 0. The molecule has 1 fully saturated rings. The van der Waals surface area contributed by atoms with Crippen LogP contribution in [0.2, 0.25) is 0 Å². The second-order valence-electron chi connectivity index (χ2n) is 3.90. The van der Waals surface area contributed by atoms with E-state index in [1.807, 2.05) is 24.3 Å². The quantitative estimate of drug-likeness (QED) is 0.923. The van der Waals surface area contributed by atoms with Crippen LogP contribution >= 0.6 is 15.9 Å². The summed E-state index contributed by atoms with van der Waals surface area (Å²) in [6.07, 6.45) is 1.11. The van der Waals surface area contributed by atoms with Gasteiger partial charge >= 0.3 is 0 Å². The zero-order chi connectivity index (χ0) is 11.4. The van der Waals surface area contributed by atoms with Gasteiger partial charge in [0, 0.05) is 17.6 Å². The first kappa shape index (κ1) is 12.0. The topological polar surface area (TPSA) is 44.5 Å². The fraction of sp³-hybridized carbons (Fsp3) is 0.500. The molecule has 2 N–H and O–H groups in total. The second-order valence-corrected chi connectivity index (χ2v) is 4.82. The maximum Gasteiger partial charge on any atom is 0.0952 e. The zero-order valence-electron chi connectivity index (χ0n) is 9.06. The van der Waals surface area contributed by atoms with Crippen LogP contribution in [0.15, 0.2) is 28.7 Å². The Morgan fingerprint density at radius 3 is 3.06 bits per heavy atom. The number of rotatable bonds is 4. The van der Waals surface area contributed by atoms with E-state index < -0.39 is 0 Å². The standard InChI is InChI=1S/C12H16BrNO2/c13-10-3-1-2-9(6-10)12(7-14)16-11-4-5-15-8-11/h1-3,6,11-12H,4-5,7-8,14H2. The summed E-state index contributed by atoms with van der Waals surface area (Å²) < 4.78 is 12.3. The van der Waals surface area contributed by atoms with Crippen molar-refractivity contribution in [2.45, 2.75) is 18.6 Å². The maximum atomic E-state index is 5.93. The molecule has 1 aliphatic heterocycles. The fourth-order valence-electron chi connectivity index (χ4n) is 1.83. The Kier molecular flexibility index (Phi) is 4.35. The van der Waals surface area contributed by atoms with Crippen molar-refractivity contribution in [2.75, 3.05) is 19.8 Å². The van der Waals surface area contributed by atoms with E-state index >= 15 is 0 Å². The van der Waals surface area contributed by atoms with Gasteiger partial charge in [-0.25, -0.2) is 0 Å². The van der Waals surface area contributed by atoms with Crippen molar-refractivity contribution >= 4 is 15.9 Å². The van der Waals surface area contributed by atoms with E-state index in [0.29, 0.717) is 13.2 Å². The van der Waals surface area contributed by atoms with Crippen LogP contribution in [0.3, 0.4) is 0 Å². The molecule has 2 atom stereocenters. The normalized spacial score (nSPS) is 22.2. The van der Waals surface area contributed by atoms with Crippen LogP contribution in [-0.2, 0) is 9.47 Å². The molecule has 0 bridgehead atoms. The lowest BCUT2D eigenvalue weighted by Crippen LogP contribution is -2.22. The van der Waals surface area contributed by atoms with Crippen molar-refractivity contribution in [1.29, 1.82) is 0 Å². The molecule has 4 heteroatoms. The molecule has 3 nitrogen and oxygen atoms in total. The van der Waals surface area contributed by atoms with Crippen molar-refractivity contribution in [2.24, 2.45) is 5.73 Å². The summed E-state index contributed by atoms with van der Waals surface area (Å²) in [6.45, 7) is 1.97. The Hall–Kier alpha value is -0.420. The van der Waals surface area contributed by atoms with Crippen LogP contribution in [0.25, 0.3) is 0 Å². The van der Waals surface area contributed by atoms with E-state index in [1.165, 1.54) is 0 Å². The third-order valence-corrected chi connectivity index (χ3v) is 3.17. The number of nitrogens with two attached hydrogens (primary N) is 1. The minimum absolute atomic E-state index is 0.0378. The van der Waals surface area contributed by atoms with Crippen LogP contribution in [0.1, 0.15) is 18.1 Å². The molecule has 1 heterocycles. The molecule has 1 aromatic rings.